The first-order valence-corrected chi connectivity index (χ1v) is 13.3. The Morgan fingerprint density at radius 3 is 2.25 bits per heavy atom. The van der Waals surface area contributed by atoms with E-state index in [0.717, 1.165) is 34.4 Å². The van der Waals surface area contributed by atoms with E-state index >= 15 is 0 Å². The monoisotopic (exact) mass is 519 g/mol. The van der Waals surface area contributed by atoms with Crippen LogP contribution in [0.5, 0.6) is 5.75 Å². The number of amides is 1. The molecule has 0 saturated heterocycles. The number of thioether (sulfide) groups is 1. The molecule has 0 aromatic carbocycles. The molecule has 1 amide bonds. The fourth-order valence-corrected chi connectivity index (χ4v) is 3.89. The van der Waals surface area contributed by atoms with Crippen LogP contribution in [-0.2, 0) is 9.59 Å². The molecule has 0 radical (unpaired) electrons. The molecule has 7 nitrogen and oxygen atoms in total. The van der Waals surface area contributed by atoms with Gasteiger partial charge in [0, 0.05) is 11.6 Å². The standard InChI is InChI=1S/C13H20N2O3S.C8H16.C7H9NO/c1-9(6-7-13(3,4)5)19-11(12(17)18)10(2)15(14)8-16;1-7-3-5-8(2)6-4-7;1-2-9-7-4-3-5-8-6-7/h8-9H,14H2,1-5H3,(H,17,18);7-8H,3-6H2,1-2H3;3-6H,2H2,1H3/b11-10+;;. The number of hydrogen-bond donors (Lipinski definition) is 2. The highest BCUT2D eigenvalue weighted by Crippen LogP contribution is 2.27. The van der Waals surface area contributed by atoms with Gasteiger partial charge in [0.25, 0.3) is 0 Å². The Balaban J connectivity index is 0.000000587. The van der Waals surface area contributed by atoms with Gasteiger partial charge in [-0.15, -0.1) is 11.8 Å². The lowest BCUT2D eigenvalue weighted by Crippen LogP contribution is -2.29. The molecule has 1 aliphatic rings. The Hall–Kier alpha value is -2.50. The number of carbonyl (C=O) groups is 2. The third-order valence-electron chi connectivity index (χ3n) is 5.22. The lowest BCUT2D eigenvalue weighted by molar-refractivity contribution is -0.131. The summed E-state index contributed by atoms with van der Waals surface area (Å²) >= 11 is 1.07. The number of rotatable bonds is 7. The molecule has 8 heteroatoms. The minimum absolute atomic E-state index is 0.0188. The van der Waals surface area contributed by atoms with Crippen LogP contribution >= 0.6 is 11.8 Å². The zero-order valence-corrected chi connectivity index (χ0v) is 24.0. The molecular weight excluding hydrogens is 474 g/mol. The van der Waals surface area contributed by atoms with Crippen LogP contribution in [0.1, 0.15) is 81.1 Å². The minimum atomic E-state index is -1.12. The zero-order chi connectivity index (χ0) is 27.7. The number of ether oxygens (including phenoxy) is 1. The van der Waals surface area contributed by atoms with E-state index in [0.29, 0.717) is 13.0 Å². The largest absolute Gasteiger partial charge is 0.492 e. The SMILES string of the molecule is C/C(=C(\SC(C)C#CC(C)(C)C)C(=O)O)N(N)C=O.CC1CCC(C)CC1.CCOc1cccnc1. The number of aliphatic carboxylic acids is 1. The second-order valence-corrected chi connectivity index (χ2v) is 11.3. The smallest absolute Gasteiger partial charge is 0.344 e. The maximum atomic E-state index is 11.2. The summed E-state index contributed by atoms with van der Waals surface area (Å²) in [6.45, 7) is 16.6. The molecule has 1 fully saturated rings. The van der Waals surface area contributed by atoms with E-state index in [2.05, 4.69) is 30.7 Å². The van der Waals surface area contributed by atoms with Crippen molar-refractivity contribution in [1.29, 1.82) is 0 Å². The fraction of sp³-hybridized carbons (Fsp3) is 0.607. The van der Waals surface area contributed by atoms with Crippen LogP contribution in [0.2, 0.25) is 0 Å². The van der Waals surface area contributed by atoms with E-state index in [9.17, 15) is 9.59 Å². The van der Waals surface area contributed by atoms with Crippen LogP contribution in [-0.4, -0.2) is 39.3 Å². The van der Waals surface area contributed by atoms with E-state index in [-0.39, 0.29) is 21.3 Å². The van der Waals surface area contributed by atoms with Crippen molar-refractivity contribution in [2.45, 2.75) is 86.3 Å². The second kappa shape index (κ2) is 17.9. The molecule has 1 aromatic heterocycles. The molecule has 36 heavy (non-hydrogen) atoms. The van der Waals surface area contributed by atoms with Gasteiger partial charge in [0.05, 0.1) is 23.8 Å². The van der Waals surface area contributed by atoms with Crippen molar-refractivity contribution in [2.75, 3.05) is 6.61 Å². The summed E-state index contributed by atoms with van der Waals surface area (Å²) in [6.07, 6.45) is 9.68. The third-order valence-corrected chi connectivity index (χ3v) is 6.40. The van der Waals surface area contributed by atoms with Crippen LogP contribution < -0.4 is 10.6 Å². The highest BCUT2D eigenvalue weighted by atomic mass is 32.2. The number of allylic oxidation sites excluding steroid dienone is 1. The fourth-order valence-electron chi connectivity index (χ4n) is 3.04. The van der Waals surface area contributed by atoms with Gasteiger partial charge in [-0.05, 0) is 65.5 Å². The Kier molecular flexibility index (Phi) is 16.6. The predicted octanol–water partition coefficient (Wildman–Crippen LogP) is 6.12. The van der Waals surface area contributed by atoms with Gasteiger partial charge in [-0.1, -0.05) is 51.4 Å². The maximum absolute atomic E-state index is 11.2. The quantitative estimate of drug-likeness (QED) is 0.112. The molecule has 0 spiro atoms. The number of carbonyl (C=O) groups excluding carboxylic acids is 1. The summed E-state index contributed by atoms with van der Waals surface area (Å²) in [7, 11) is 0. The highest BCUT2D eigenvalue weighted by Gasteiger charge is 2.18. The van der Waals surface area contributed by atoms with Gasteiger partial charge in [-0.25, -0.2) is 10.6 Å². The van der Waals surface area contributed by atoms with E-state index in [1.165, 1.54) is 32.6 Å². The van der Waals surface area contributed by atoms with Gasteiger partial charge in [0.2, 0.25) is 6.41 Å². The molecule has 202 valence electrons. The molecule has 1 saturated carbocycles. The number of carboxylic acids is 1. The predicted molar refractivity (Wildman–Crippen MR) is 149 cm³/mol. The Morgan fingerprint density at radius 1 is 1.31 bits per heavy atom. The summed E-state index contributed by atoms with van der Waals surface area (Å²) in [5.74, 6) is 13.2. The van der Waals surface area contributed by atoms with Crippen molar-refractivity contribution in [3.63, 3.8) is 0 Å². The van der Waals surface area contributed by atoms with Crippen LogP contribution in [0.3, 0.4) is 0 Å². The Bertz CT molecular complexity index is 854. The van der Waals surface area contributed by atoms with Crippen LogP contribution in [0.25, 0.3) is 0 Å². The van der Waals surface area contributed by atoms with Crippen molar-refractivity contribution in [3.8, 4) is 17.6 Å². The van der Waals surface area contributed by atoms with Gasteiger partial charge in [-0.2, -0.15) is 0 Å². The van der Waals surface area contributed by atoms with Crippen molar-refractivity contribution >= 4 is 24.1 Å². The van der Waals surface area contributed by atoms with E-state index in [1.807, 2.05) is 39.8 Å². The van der Waals surface area contributed by atoms with Crippen LogP contribution in [0, 0.1) is 29.1 Å². The molecule has 0 bridgehead atoms. The molecular formula is C28H45N3O4S. The normalized spacial score (nSPS) is 18.4. The average molecular weight is 520 g/mol. The van der Waals surface area contributed by atoms with Gasteiger partial charge in [0.1, 0.15) is 10.7 Å². The van der Waals surface area contributed by atoms with Crippen molar-refractivity contribution in [2.24, 2.45) is 23.1 Å². The first kappa shape index (κ1) is 33.5. The summed E-state index contributed by atoms with van der Waals surface area (Å²) < 4.78 is 5.14. The van der Waals surface area contributed by atoms with E-state index < -0.39 is 5.97 Å². The molecule has 3 N–H and O–H groups in total. The maximum Gasteiger partial charge on any atom is 0.344 e. The summed E-state index contributed by atoms with van der Waals surface area (Å²) in [5.41, 5.74) is 0.0524. The molecule has 1 aliphatic carbocycles. The molecule has 1 heterocycles. The van der Waals surface area contributed by atoms with E-state index in [1.54, 1.807) is 19.3 Å². The average Bonchev–Trinajstić information content (AvgIpc) is 2.83. The van der Waals surface area contributed by atoms with Crippen molar-refractivity contribution < 1.29 is 19.4 Å². The van der Waals surface area contributed by atoms with Crippen LogP contribution in [0.15, 0.2) is 35.1 Å². The van der Waals surface area contributed by atoms with Gasteiger partial charge in [0.15, 0.2) is 0 Å². The Morgan fingerprint density at radius 2 is 1.86 bits per heavy atom. The molecule has 1 atom stereocenters. The summed E-state index contributed by atoms with van der Waals surface area (Å²) in [5, 5.41) is 9.68. The molecule has 2 rings (SSSR count). The highest BCUT2D eigenvalue weighted by molar-refractivity contribution is 8.04. The number of hydrazine groups is 1. The molecule has 1 aromatic rings. The summed E-state index contributed by atoms with van der Waals surface area (Å²) in [4.78, 5) is 25.6. The number of nitrogens with two attached hydrogens (primary N) is 1. The minimum Gasteiger partial charge on any atom is -0.492 e. The third kappa shape index (κ3) is 16.2. The van der Waals surface area contributed by atoms with Gasteiger partial charge >= 0.3 is 5.97 Å². The lowest BCUT2D eigenvalue weighted by atomic mass is 9.84. The lowest BCUT2D eigenvalue weighted by Gasteiger charge is -2.22. The first-order valence-electron chi connectivity index (χ1n) is 12.5. The topological polar surface area (TPSA) is 106 Å². The zero-order valence-electron chi connectivity index (χ0n) is 23.2. The van der Waals surface area contributed by atoms with Crippen LogP contribution in [0.4, 0.5) is 0 Å². The number of pyridine rings is 1. The van der Waals surface area contributed by atoms with Crippen molar-refractivity contribution in [1.82, 2.24) is 9.99 Å². The second-order valence-electron chi connectivity index (χ2n) is 10.00. The van der Waals surface area contributed by atoms with E-state index in [4.69, 9.17) is 15.7 Å². The molecule has 1 unspecified atom stereocenters. The number of aromatic nitrogens is 1. The molecule has 0 aliphatic heterocycles. The number of nitrogens with zero attached hydrogens (tertiary/aromatic N) is 2. The Labute approximate surface area is 222 Å². The number of hydrogen-bond acceptors (Lipinski definition) is 6. The van der Waals surface area contributed by atoms with Gasteiger partial charge in [-0.3, -0.25) is 14.8 Å². The number of carboxylic acid groups (broad SMARTS) is 1. The first-order chi connectivity index (χ1) is 16.8. The summed E-state index contributed by atoms with van der Waals surface area (Å²) in [6, 6.07) is 3.74. The van der Waals surface area contributed by atoms with Crippen molar-refractivity contribution in [3.05, 3.63) is 35.1 Å². The van der Waals surface area contributed by atoms with Gasteiger partial charge < -0.3 is 9.84 Å².